The van der Waals surface area contributed by atoms with Crippen molar-refractivity contribution >= 4 is 11.9 Å². The van der Waals surface area contributed by atoms with Gasteiger partial charge in [-0.2, -0.15) is 0 Å². The number of nitrogens with one attached hydrogen (secondary N) is 2. The van der Waals surface area contributed by atoms with E-state index in [1.165, 1.54) is 19.3 Å². The Labute approximate surface area is 140 Å². The van der Waals surface area contributed by atoms with E-state index < -0.39 is 0 Å². The number of hydrogen-bond donors (Lipinski definition) is 2. The molecule has 132 valence electrons. The first-order valence-corrected chi connectivity index (χ1v) is 9.35. The molecule has 0 aromatic heterocycles. The van der Waals surface area contributed by atoms with Crippen LogP contribution in [0.25, 0.3) is 0 Å². The molecule has 2 aliphatic rings. The van der Waals surface area contributed by atoms with Gasteiger partial charge >= 0.3 is 6.03 Å². The van der Waals surface area contributed by atoms with E-state index in [9.17, 15) is 9.59 Å². The lowest BCUT2D eigenvalue weighted by Gasteiger charge is -2.34. The molecule has 0 aromatic rings. The van der Waals surface area contributed by atoms with E-state index in [1.54, 1.807) is 0 Å². The van der Waals surface area contributed by atoms with Gasteiger partial charge in [-0.3, -0.25) is 4.79 Å². The summed E-state index contributed by atoms with van der Waals surface area (Å²) in [5.41, 5.74) is 0. The Morgan fingerprint density at radius 1 is 0.957 bits per heavy atom. The van der Waals surface area contributed by atoms with Crippen LogP contribution in [-0.2, 0) is 4.79 Å². The number of urea groups is 1. The molecule has 1 saturated carbocycles. The van der Waals surface area contributed by atoms with Crippen LogP contribution < -0.4 is 10.6 Å². The van der Waals surface area contributed by atoms with E-state index in [4.69, 9.17) is 0 Å². The second-order valence-electron chi connectivity index (χ2n) is 7.50. The molecule has 5 heteroatoms. The molecule has 1 aliphatic heterocycles. The predicted octanol–water partition coefficient (Wildman–Crippen LogP) is 2.90. The first-order valence-electron chi connectivity index (χ1n) is 9.35. The average molecular weight is 323 g/mol. The van der Waals surface area contributed by atoms with E-state index in [1.807, 2.05) is 18.7 Å². The summed E-state index contributed by atoms with van der Waals surface area (Å²) < 4.78 is 0. The highest BCUT2D eigenvalue weighted by molar-refractivity contribution is 5.78. The Kier molecular flexibility index (Phi) is 6.72. The zero-order valence-electron chi connectivity index (χ0n) is 14.9. The van der Waals surface area contributed by atoms with Crippen molar-refractivity contribution in [3.63, 3.8) is 0 Å². The fraction of sp³-hybridized carbons (Fsp3) is 0.889. The van der Waals surface area contributed by atoms with Crippen molar-refractivity contribution < 1.29 is 9.59 Å². The number of amides is 3. The van der Waals surface area contributed by atoms with Gasteiger partial charge in [-0.15, -0.1) is 0 Å². The van der Waals surface area contributed by atoms with Crippen LogP contribution in [0.1, 0.15) is 65.7 Å². The molecule has 0 spiro atoms. The van der Waals surface area contributed by atoms with Crippen LogP contribution in [0.5, 0.6) is 0 Å². The summed E-state index contributed by atoms with van der Waals surface area (Å²) in [5, 5.41) is 6.22. The summed E-state index contributed by atoms with van der Waals surface area (Å²) in [5.74, 6) is 1.13. The van der Waals surface area contributed by atoms with Gasteiger partial charge in [0.15, 0.2) is 0 Å². The largest absolute Gasteiger partial charge is 0.342 e. The second-order valence-corrected chi connectivity index (χ2v) is 7.50. The molecular formula is C18H33N3O2. The quantitative estimate of drug-likeness (QED) is 0.835. The molecule has 23 heavy (non-hydrogen) atoms. The zero-order valence-corrected chi connectivity index (χ0v) is 14.9. The van der Waals surface area contributed by atoms with Crippen LogP contribution in [0.15, 0.2) is 0 Å². The molecule has 3 amide bonds. The first-order chi connectivity index (χ1) is 11.0. The van der Waals surface area contributed by atoms with Gasteiger partial charge < -0.3 is 15.5 Å². The van der Waals surface area contributed by atoms with Crippen molar-refractivity contribution in [1.29, 1.82) is 0 Å². The molecule has 0 bridgehead atoms. The Morgan fingerprint density at radius 3 is 1.96 bits per heavy atom. The van der Waals surface area contributed by atoms with Crippen LogP contribution in [0, 0.1) is 11.8 Å². The topological polar surface area (TPSA) is 61.4 Å². The molecule has 0 atom stereocenters. The highest BCUT2D eigenvalue weighted by Crippen LogP contribution is 2.26. The minimum Gasteiger partial charge on any atom is -0.342 e. The Balaban J connectivity index is 1.66. The highest BCUT2D eigenvalue weighted by atomic mass is 16.2. The van der Waals surface area contributed by atoms with E-state index in [0.717, 1.165) is 44.7 Å². The van der Waals surface area contributed by atoms with E-state index in [-0.39, 0.29) is 23.9 Å². The van der Waals surface area contributed by atoms with E-state index in [0.29, 0.717) is 6.04 Å². The molecule has 0 radical (unpaired) electrons. The summed E-state index contributed by atoms with van der Waals surface area (Å²) in [4.78, 5) is 26.0. The summed E-state index contributed by atoms with van der Waals surface area (Å²) in [6, 6.07) is 0.497. The lowest BCUT2D eigenvalue weighted by molar-refractivity contribution is -0.135. The fourth-order valence-corrected chi connectivity index (χ4v) is 3.74. The summed E-state index contributed by atoms with van der Waals surface area (Å²) in [6.45, 7) is 7.63. The molecule has 2 fully saturated rings. The number of piperidine rings is 1. The van der Waals surface area contributed by atoms with Gasteiger partial charge in [0.1, 0.15) is 0 Å². The molecule has 1 aliphatic carbocycles. The minimum absolute atomic E-state index is 0.0291. The molecule has 1 saturated heterocycles. The van der Waals surface area contributed by atoms with E-state index in [2.05, 4.69) is 17.6 Å². The van der Waals surface area contributed by atoms with Crippen molar-refractivity contribution in [2.24, 2.45) is 11.8 Å². The zero-order chi connectivity index (χ0) is 16.8. The SMILES string of the molecule is CCC1CCC(NC(=O)NC2CCN(C(=O)C(C)C)CC2)CC1. The van der Waals surface area contributed by atoms with Gasteiger partial charge in [0.2, 0.25) is 5.91 Å². The van der Waals surface area contributed by atoms with Gasteiger partial charge in [-0.05, 0) is 44.4 Å². The molecule has 2 N–H and O–H groups in total. The molecule has 0 aromatic carbocycles. The third-order valence-corrected chi connectivity index (χ3v) is 5.40. The Bertz CT molecular complexity index is 395. The first kappa shape index (κ1) is 18.1. The average Bonchev–Trinajstić information content (AvgIpc) is 2.55. The van der Waals surface area contributed by atoms with Gasteiger partial charge in [0.25, 0.3) is 0 Å². The van der Waals surface area contributed by atoms with Crippen molar-refractivity contribution in [2.75, 3.05) is 13.1 Å². The number of nitrogens with zero attached hydrogens (tertiary/aromatic N) is 1. The van der Waals surface area contributed by atoms with Crippen LogP contribution >= 0.6 is 0 Å². The lowest BCUT2D eigenvalue weighted by Crippen LogP contribution is -2.51. The van der Waals surface area contributed by atoms with Crippen molar-refractivity contribution in [1.82, 2.24) is 15.5 Å². The fourth-order valence-electron chi connectivity index (χ4n) is 3.74. The summed E-state index contributed by atoms with van der Waals surface area (Å²) in [6.07, 6.45) is 7.64. The van der Waals surface area contributed by atoms with E-state index >= 15 is 0 Å². The molecule has 2 rings (SSSR count). The standard InChI is InChI=1S/C18H33N3O2/c1-4-14-5-7-15(8-6-14)19-18(23)20-16-9-11-21(12-10-16)17(22)13(2)3/h13-16H,4-12H2,1-3H3,(H2,19,20,23). The molecule has 0 unspecified atom stereocenters. The Hall–Kier alpha value is -1.26. The lowest BCUT2D eigenvalue weighted by atomic mass is 9.84. The number of carbonyl (C=O) groups is 2. The third kappa shape index (κ3) is 5.40. The molecule has 5 nitrogen and oxygen atoms in total. The van der Waals surface area contributed by atoms with Gasteiger partial charge in [0, 0.05) is 31.1 Å². The number of hydrogen-bond acceptors (Lipinski definition) is 2. The molecular weight excluding hydrogens is 290 g/mol. The van der Waals surface area contributed by atoms with Crippen LogP contribution in [-0.4, -0.2) is 42.0 Å². The van der Waals surface area contributed by atoms with Crippen molar-refractivity contribution in [2.45, 2.75) is 77.8 Å². The maximum Gasteiger partial charge on any atom is 0.315 e. The highest BCUT2D eigenvalue weighted by Gasteiger charge is 2.26. The van der Waals surface area contributed by atoms with Crippen molar-refractivity contribution in [3.05, 3.63) is 0 Å². The van der Waals surface area contributed by atoms with Gasteiger partial charge in [-0.1, -0.05) is 27.2 Å². The van der Waals surface area contributed by atoms with Crippen molar-refractivity contribution in [3.8, 4) is 0 Å². The third-order valence-electron chi connectivity index (χ3n) is 5.40. The van der Waals surface area contributed by atoms with Gasteiger partial charge in [-0.25, -0.2) is 4.79 Å². The maximum absolute atomic E-state index is 12.2. The maximum atomic E-state index is 12.2. The number of likely N-dealkylation sites (tertiary alicyclic amines) is 1. The van der Waals surface area contributed by atoms with Gasteiger partial charge in [0.05, 0.1) is 0 Å². The minimum atomic E-state index is -0.0291. The number of rotatable bonds is 4. The Morgan fingerprint density at radius 2 is 1.48 bits per heavy atom. The second kappa shape index (κ2) is 8.55. The smallest absolute Gasteiger partial charge is 0.315 e. The van der Waals surface area contributed by atoms with Crippen LogP contribution in [0.3, 0.4) is 0 Å². The normalized spacial score (nSPS) is 26.2. The van der Waals surface area contributed by atoms with Crippen LogP contribution in [0.2, 0.25) is 0 Å². The summed E-state index contributed by atoms with van der Waals surface area (Å²) in [7, 11) is 0. The monoisotopic (exact) mass is 323 g/mol. The predicted molar refractivity (Wildman–Crippen MR) is 92.1 cm³/mol. The summed E-state index contributed by atoms with van der Waals surface area (Å²) >= 11 is 0. The number of carbonyl (C=O) groups excluding carboxylic acids is 2. The molecule has 1 heterocycles. The van der Waals surface area contributed by atoms with Crippen LogP contribution in [0.4, 0.5) is 4.79 Å².